The van der Waals surface area contributed by atoms with E-state index in [1.165, 1.54) is 0 Å². The van der Waals surface area contributed by atoms with E-state index in [1.807, 2.05) is 11.5 Å². The van der Waals surface area contributed by atoms with Crippen molar-refractivity contribution in [3.05, 3.63) is 17.2 Å². The molecule has 0 spiro atoms. The Balaban J connectivity index is 2.09. The number of imidazole rings is 1. The number of hydrogen-bond donors (Lipinski definition) is 0. The van der Waals surface area contributed by atoms with Gasteiger partial charge in [0, 0.05) is 33.1 Å². The maximum Gasteiger partial charge on any atom is 0.356 e. The standard InChI is InChI=1S/C14H22N2O3/c1-3-11-13(14(17)19-10-6-9-18-2)16-8-5-4-7-12(16)15-11/h3-10H2,1-2H3. The van der Waals surface area contributed by atoms with Gasteiger partial charge in [-0.15, -0.1) is 0 Å². The summed E-state index contributed by atoms with van der Waals surface area (Å²) in [7, 11) is 1.64. The van der Waals surface area contributed by atoms with E-state index >= 15 is 0 Å². The van der Waals surface area contributed by atoms with E-state index in [0.29, 0.717) is 18.9 Å². The zero-order valence-electron chi connectivity index (χ0n) is 11.8. The van der Waals surface area contributed by atoms with Crippen LogP contribution >= 0.6 is 0 Å². The molecule has 0 aliphatic carbocycles. The van der Waals surface area contributed by atoms with Crippen LogP contribution in [0.1, 0.15) is 48.2 Å². The normalized spacial score (nSPS) is 14.2. The third-order valence-corrected chi connectivity index (χ3v) is 3.41. The molecular formula is C14H22N2O3. The summed E-state index contributed by atoms with van der Waals surface area (Å²) in [5.74, 6) is 0.792. The van der Waals surface area contributed by atoms with Gasteiger partial charge >= 0.3 is 5.97 Å². The van der Waals surface area contributed by atoms with E-state index in [0.717, 1.165) is 50.2 Å². The number of aryl methyl sites for hydroxylation is 2. The van der Waals surface area contributed by atoms with E-state index in [4.69, 9.17) is 9.47 Å². The minimum Gasteiger partial charge on any atom is -0.461 e. The lowest BCUT2D eigenvalue weighted by Crippen LogP contribution is -2.19. The molecule has 106 valence electrons. The predicted molar refractivity (Wildman–Crippen MR) is 71.3 cm³/mol. The summed E-state index contributed by atoms with van der Waals surface area (Å²) in [4.78, 5) is 16.8. The minimum atomic E-state index is -0.242. The number of fused-ring (bicyclic) bond motifs is 1. The van der Waals surface area contributed by atoms with Crippen LogP contribution in [0.2, 0.25) is 0 Å². The van der Waals surface area contributed by atoms with Crippen molar-refractivity contribution in [2.75, 3.05) is 20.3 Å². The molecule has 5 nitrogen and oxygen atoms in total. The molecule has 0 amide bonds. The first kappa shape index (κ1) is 14.1. The molecule has 0 radical (unpaired) electrons. The lowest BCUT2D eigenvalue weighted by Gasteiger charge is -2.15. The van der Waals surface area contributed by atoms with Crippen molar-refractivity contribution in [3.8, 4) is 0 Å². The lowest BCUT2D eigenvalue weighted by atomic mass is 10.1. The molecule has 1 aliphatic heterocycles. The van der Waals surface area contributed by atoms with Crippen LogP contribution in [0.15, 0.2) is 0 Å². The Labute approximate surface area is 113 Å². The smallest absolute Gasteiger partial charge is 0.356 e. The monoisotopic (exact) mass is 266 g/mol. The van der Waals surface area contributed by atoms with Crippen LogP contribution in [0.25, 0.3) is 0 Å². The van der Waals surface area contributed by atoms with E-state index in [2.05, 4.69) is 4.98 Å². The summed E-state index contributed by atoms with van der Waals surface area (Å²) >= 11 is 0. The van der Waals surface area contributed by atoms with Gasteiger partial charge in [-0.1, -0.05) is 6.92 Å². The molecule has 0 fully saturated rings. The van der Waals surface area contributed by atoms with Gasteiger partial charge in [0.05, 0.1) is 12.3 Å². The average Bonchev–Trinajstić information content (AvgIpc) is 2.82. The van der Waals surface area contributed by atoms with Gasteiger partial charge in [0.1, 0.15) is 5.82 Å². The predicted octanol–water partition coefficient (Wildman–Crippen LogP) is 1.98. The van der Waals surface area contributed by atoms with Crippen molar-refractivity contribution in [1.29, 1.82) is 0 Å². The number of esters is 1. The zero-order chi connectivity index (χ0) is 13.7. The first-order valence-corrected chi connectivity index (χ1v) is 7.02. The van der Waals surface area contributed by atoms with Crippen LogP contribution in [0, 0.1) is 0 Å². The molecule has 1 aliphatic rings. The molecule has 1 aromatic rings. The van der Waals surface area contributed by atoms with E-state index in [9.17, 15) is 4.79 Å². The van der Waals surface area contributed by atoms with Crippen LogP contribution in [0.3, 0.4) is 0 Å². The third kappa shape index (κ3) is 3.15. The van der Waals surface area contributed by atoms with Crippen molar-refractivity contribution in [2.24, 2.45) is 0 Å². The van der Waals surface area contributed by atoms with Gasteiger partial charge in [0.15, 0.2) is 5.69 Å². The second-order valence-corrected chi connectivity index (χ2v) is 4.77. The van der Waals surface area contributed by atoms with Gasteiger partial charge in [-0.3, -0.25) is 0 Å². The molecule has 0 atom stereocenters. The van der Waals surface area contributed by atoms with Crippen molar-refractivity contribution in [1.82, 2.24) is 9.55 Å². The molecule has 0 aromatic carbocycles. The second kappa shape index (κ2) is 6.70. The Kier molecular flexibility index (Phi) is 4.96. The molecule has 2 rings (SSSR count). The summed E-state index contributed by atoms with van der Waals surface area (Å²) in [6, 6.07) is 0. The molecule has 1 aromatic heterocycles. The first-order valence-electron chi connectivity index (χ1n) is 7.02. The minimum absolute atomic E-state index is 0.242. The van der Waals surface area contributed by atoms with Gasteiger partial charge in [-0.25, -0.2) is 9.78 Å². The van der Waals surface area contributed by atoms with Crippen molar-refractivity contribution >= 4 is 5.97 Å². The molecule has 5 heteroatoms. The average molecular weight is 266 g/mol. The number of rotatable bonds is 6. The molecule has 0 unspecified atom stereocenters. The highest BCUT2D eigenvalue weighted by molar-refractivity contribution is 5.89. The van der Waals surface area contributed by atoms with Gasteiger partial charge in [-0.2, -0.15) is 0 Å². The summed E-state index contributed by atoms with van der Waals surface area (Å²) < 4.78 is 12.3. The van der Waals surface area contributed by atoms with Crippen LogP contribution in [-0.4, -0.2) is 35.8 Å². The second-order valence-electron chi connectivity index (χ2n) is 4.77. The zero-order valence-corrected chi connectivity index (χ0v) is 11.8. The maximum absolute atomic E-state index is 12.2. The molecule has 0 N–H and O–H groups in total. The van der Waals surface area contributed by atoms with E-state index in [1.54, 1.807) is 7.11 Å². The number of nitrogens with zero attached hydrogens (tertiary/aromatic N) is 2. The van der Waals surface area contributed by atoms with Crippen LogP contribution < -0.4 is 0 Å². The van der Waals surface area contributed by atoms with Crippen LogP contribution in [-0.2, 0) is 28.9 Å². The number of methoxy groups -OCH3 is 1. The fourth-order valence-electron chi connectivity index (χ4n) is 2.45. The summed E-state index contributed by atoms with van der Waals surface area (Å²) in [6.45, 7) is 3.91. The van der Waals surface area contributed by atoms with Gasteiger partial charge in [0.25, 0.3) is 0 Å². The van der Waals surface area contributed by atoms with Crippen molar-refractivity contribution in [2.45, 2.75) is 45.6 Å². The maximum atomic E-state index is 12.2. The summed E-state index contributed by atoms with van der Waals surface area (Å²) in [5, 5.41) is 0. The van der Waals surface area contributed by atoms with Gasteiger partial charge in [-0.05, 0) is 19.3 Å². The first-order chi connectivity index (χ1) is 9.27. The number of hydrogen-bond acceptors (Lipinski definition) is 4. The number of carbonyl (C=O) groups is 1. The SMILES string of the molecule is CCc1nc2n(c1C(=O)OCCCOC)CCCC2. The highest BCUT2D eigenvalue weighted by Gasteiger charge is 2.24. The van der Waals surface area contributed by atoms with Crippen LogP contribution in [0.5, 0.6) is 0 Å². The Morgan fingerprint density at radius 2 is 2.21 bits per heavy atom. The number of aromatic nitrogens is 2. The summed E-state index contributed by atoms with van der Waals surface area (Å²) in [5.41, 5.74) is 1.53. The van der Waals surface area contributed by atoms with Crippen molar-refractivity contribution < 1.29 is 14.3 Å². The molecule has 0 saturated heterocycles. The van der Waals surface area contributed by atoms with Gasteiger partial charge in [0.2, 0.25) is 0 Å². The number of ether oxygens (including phenoxy) is 2. The van der Waals surface area contributed by atoms with Gasteiger partial charge < -0.3 is 14.0 Å². The highest BCUT2D eigenvalue weighted by Crippen LogP contribution is 2.21. The topological polar surface area (TPSA) is 53.4 Å². The fraction of sp³-hybridized carbons (Fsp3) is 0.714. The quantitative estimate of drug-likeness (QED) is 0.583. The Hall–Kier alpha value is -1.36. The highest BCUT2D eigenvalue weighted by atomic mass is 16.5. The van der Waals surface area contributed by atoms with Crippen LogP contribution in [0.4, 0.5) is 0 Å². The molecule has 0 saturated carbocycles. The Morgan fingerprint density at radius 3 is 2.95 bits per heavy atom. The van der Waals surface area contributed by atoms with Crippen molar-refractivity contribution in [3.63, 3.8) is 0 Å². The summed E-state index contributed by atoms with van der Waals surface area (Å²) in [6.07, 6.45) is 4.72. The lowest BCUT2D eigenvalue weighted by molar-refractivity contribution is 0.0453. The molecular weight excluding hydrogens is 244 g/mol. The molecule has 2 heterocycles. The van der Waals surface area contributed by atoms with E-state index in [-0.39, 0.29) is 5.97 Å². The third-order valence-electron chi connectivity index (χ3n) is 3.41. The Morgan fingerprint density at radius 1 is 1.37 bits per heavy atom. The Bertz CT molecular complexity index is 440. The largest absolute Gasteiger partial charge is 0.461 e. The fourth-order valence-corrected chi connectivity index (χ4v) is 2.45. The van der Waals surface area contributed by atoms with E-state index < -0.39 is 0 Å². The number of carbonyl (C=O) groups excluding carboxylic acids is 1. The molecule has 0 bridgehead atoms. The molecule has 19 heavy (non-hydrogen) atoms.